The van der Waals surface area contributed by atoms with Gasteiger partial charge in [0.05, 0.1) is 6.04 Å². The minimum Gasteiger partial charge on any atom is -0.355 e. The number of amides is 1. The molecular weight excluding hydrogens is 226 g/mol. The summed E-state index contributed by atoms with van der Waals surface area (Å²) < 4.78 is 0. The summed E-state index contributed by atoms with van der Waals surface area (Å²) >= 11 is 0. The molecule has 1 amide bonds. The Balaban J connectivity index is 2.27. The average Bonchev–Trinajstić information content (AvgIpc) is 2.42. The molecule has 0 radical (unpaired) electrons. The van der Waals surface area contributed by atoms with Gasteiger partial charge in [-0.25, -0.2) is 0 Å². The van der Waals surface area contributed by atoms with Gasteiger partial charge in [0.25, 0.3) is 0 Å². The predicted molar refractivity (Wildman–Crippen MR) is 75.7 cm³/mol. The lowest BCUT2D eigenvalue weighted by atomic mass is 10.0. The Morgan fingerprint density at radius 2 is 2.28 bits per heavy atom. The van der Waals surface area contributed by atoms with Crippen molar-refractivity contribution in [3.63, 3.8) is 0 Å². The van der Waals surface area contributed by atoms with Gasteiger partial charge >= 0.3 is 0 Å². The van der Waals surface area contributed by atoms with E-state index < -0.39 is 0 Å². The molecule has 1 rings (SSSR count). The largest absolute Gasteiger partial charge is 0.355 e. The molecule has 0 aromatic rings. The van der Waals surface area contributed by atoms with Crippen molar-refractivity contribution in [1.82, 2.24) is 15.5 Å². The van der Waals surface area contributed by atoms with Crippen LogP contribution in [0.15, 0.2) is 0 Å². The number of nitrogens with zero attached hydrogens (tertiary/aromatic N) is 1. The minimum atomic E-state index is -0.0310. The maximum Gasteiger partial charge on any atom is 0.237 e. The fourth-order valence-corrected chi connectivity index (χ4v) is 2.42. The zero-order chi connectivity index (χ0) is 13.4. The number of rotatable bonds is 7. The molecule has 4 nitrogen and oxygen atoms in total. The van der Waals surface area contributed by atoms with E-state index in [2.05, 4.69) is 29.5 Å². The van der Waals surface area contributed by atoms with Crippen molar-refractivity contribution < 1.29 is 4.79 Å². The van der Waals surface area contributed by atoms with Gasteiger partial charge < -0.3 is 10.6 Å². The molecule has 2 N–H and O–H groups in total. The average molecular weight is 255 g/mol. The number of hydrogen-bond acceptors (Lipinski definition) is 3. The molecule has 0 bridgehead atoms. The van der Waals surface area contributed by atoms with Crippen LogP contribution in [0.5, 0.6) is 0 Å². The van der Waals surface area contributed by atoms with Gasteiger partial charge in [-0.15, -0.1) is 0 Å². The third kappa shape index (κ3) is 4.94. The quantitative estimate of drug-likeness (QED) is 0.675. The van der Waals surface area contributed by atoms with Gasteiger partial charge in [0, 0.05) is 19.1 Å². The van der Waals surface area contributed by atoms with Crippen LogP contribution in [0.2, 0.25) is 0 Å². The van der Waals surface area contributed by atoms with E-state index in [0.29, 0.717) is 6.04 Å². The topological polar surface area (TPSA) is 44.4 Å². The van der Waals surface area contributed by atoms with Crippen LogP contribution in [0.4, 0.5) is 0 Å². The first kappa shape index (κ1) is 15.4. The fraction of sp³-hybridized carbons (Fsp3) is 0.929. The van der Waals surface area contributed by atoms with Gasteiger partial charge in [-0.05, 0) is 39.8 Å². The summed E-state index contributed by atoms with van der Waals surface area (Å²) in [6, 6.07) is 0.465. The monoisotopic (exact) mass is 255 g/mol. The molecule has 1 heterocycles. The molecule has 2 atom stereocenters. The molecule has 1 saturated heterocycles. The zero-order valence-electron chi connectivity index (χ0n) is 12.2. The van der Waals surface area contributed by atoms with Crippen LogP contribution in [-0.2, 0) is 4.79 Å². The van der Waals surface area contributed by atoms with Crippen molar-refractivity contribution in [2.24, 2.45) is 0 Å². The van der Waals surface area contributed by atoms with Gasteiger partial charge in [0.15, 0.2) is 0 Å². The lowest BCUT2D eigenvalue weighted by Crippen LogP contribution is -2.52. The highest BCUT2D eigenvalue weighted by Crippen LogP contribution is 2.11. The van der Waals surface area contributed by atoms with E-state index >= 15 is 0 Å². The van der Waals surface area contributed by atoms with Crippen LogP contribution in [0.25, 0.3) is 0 Å². The Hall–Kier alpha value is -0.610. The van der Waals surface area contributed by atoms with Crippen molar-refractivity contribution in [3.8, 4) is 0 Å². The van der Waals surface area contributed by atoms with Gasteiger partial charge in [0.2, 0.25) is 5.91 Å². The molecule has 1 fully saturated rings. The van der Waals surface area contributed by atoms with E-state index in [1.54, 1.807) is 0 Å². The second-order valence-electron chi connectivity index (χ2n) is 5.34. The van der Waals surface area contributed by atoms with Crippen LogP contribution in [0.1, 0.15) is 46.0 Å². The number of piperidine rings is 1. The maximum absolute atomic E-state index is 12.0. The van der Waals surface area contributed by atoms with Crippen LogP contribution >= 0.6 is 0 Å². The van der Waals surface area contributed by atoms with E-state index in [-0.39, 0.29) is 11.9 Å². The first-order chi connectivity index (χ1) is 8.66. The van der Waals surface area contributed by atoms with Crippen LogP contribution in [-0.4, -0.2) is 49.6 Å². The smallest absolute Gasteiger partial charge is 0.237 e. The molecular formula is C14H29N3O. The minimum absolute atomic E-state index is 0.0310. The number of carbonyl (C=O) groups is 1. The number of likely N-dealkylation sites (N-methyl/N-ethyl adjacent to an activating group) is 1. The molecule has 0 spiro atoms. The van der Waals surface area contributed by atoms with E-state index in [9.17, 15) is 4.79 Å². The van der Waals surface area contributed by atoms with Gasteiger partial charge in [0.1, 0.15) is 0 Å². The highest BCUT2D eigenvalue weighted by molar-refractivity contribution is 5.81. The highest BCUT2D eigenvalue weighted by atomic mass is 16.2. The first-order valence-electron chi connectivity index (χ1n) is 7.37. The van der Waals surface area contributed by atoms with Crippen molar-refractivity contribution >= 4 is 5.91 Å². The normalized spacial score (nSPS) is 21.9. The molecule has 4 heteroatoms. The number of nitrogens with one attached hydrogen (secondary N) is 2. The molecule has 0 aromatic heterocycles. The second kappa shape index (κ2) is 8.48. The lowest BCUT2D eigenvalue weighted by Gasteiger charge is -2.35. The molecule has 106 valence electrons. The second-order valence-corrected chi connectivity index (χ2v) is 5.34. The molecule has 2 unspecified atom stereocenters. The van der Waals surface area contributed by atoms with Crippen LogP contribution in [0.3, 0.4) is 0 Å². The van der Waals surface area contributed by atoms with E-state index in [4.69, 9.17) is 0 Å². The summed E-state index contributed by atoms with van der Waals surface area (Å²) in [5, 5.41) is 6.43. The Kier molecular flexibility index (Phi) is 7.28. The van der Waals surface area contributed by atoms with E-state index in [0.717, 1.165) is 26.1 Å². The van der Waals surface area contributed by atoms with Crippen LogP contribution in [0, 0.1) is 0 Å². The molecule has 0 aromatic carbocycles. The lowest BCUT2D eigenvalue weighted by molar-refractivity contribution is -0.126. The summed E-state index contributed by atoms with van der Waals surface area (Å²) in [7, 11) is 2.06. The standard InChI is InChI=1S/C14H29N3O/c1-4-5-6-10-16-14(18)12(2)17(3)13-8-7-9-15-11-13/h12-13,15H,4-11H2,1-3H3,(H,16,18). The van der Waals surface area contributed by atoms with Gasteiger partial charge in [-0.1, -0.05) is 19.8 Å². The van der Waals surface area contributed by atoms with E-state index in [1.165, 1.54) is 25.7 Å². The molecule has 1 aliphatic heterocycles. The Bertz CT molecular complexity index is 239. The summed E-state index contributed by atoms with van der Waals surface area (Å²) in [4.78, 5) is 14.2. The summed E-state index contributed by atoms with van der Waals surface area (Å²) in [6.07, 6.45) is 5.87. The van der Waals surface area contributed by atoms with Crippen molar-refractivity contribution in [2.45, 2.75) is 58.0 Å². The summed E-state index contributed by atoms with van der Waals surface area (Å²) in [6.45, 7) is 7.11. The van der Waals surface area contributed by atoms with Gasteiger partial charge in [-0.2, -0.15) is 0 Å². The predicted octanol–water partition coefficient (Wildman–Crippen LogP) is 1.37. The van der Waals surface area contributed by atoms with Crippen molar-refractivity contribution in [1.29, 1.82) is 0 Å². The SMILES string of the molecule is CCCCCNC(=O)C(C)N(C)C1CCCNC1. The highest BCUT2D eigenvalue weighted by Gasteiger charge is 2.25. The van der Waals surface area contributed by atoms with Crippen molar-refractivity contribution in [2.75, 3.05) is 26.7 Å². The van der Waals surface area contributed by atoms with Crippen LogP contribution < -0.4 is 10.6 Å². The third-order valence-electron chi connectivity index (χ3n) is 3.92. The fourth-order valence-electron chi connectivity index (χ4n) is 2.42. The maximum atomic E-state index is 12.0. The van der Waals surface area contributed by atoms with E-state index in [1.807, 2.05) is 6.92 Å². The molecule has 18 heavy (non-hydrogen) atoms. The molecule has 0 saturated carbocycles. The Morgan fingerprint density at radius 1 is 1.50 bits per heavy atom. The zero-order valence-corrected chi connectivity index (χ0v) is 12.2. The summed E-state index contributed by atoms with van der Waals surface area (Å²) in [5.41, 5.74) is 0. The molecule has 1 aliphatic rings. The number of unbranched alkanes of at least 4 members (excludes halogenated alkanes) is 2. The Labute approximate surface area is 111 Å². The number of hydrogen-bond donors (Lipinski definition) is 2. The number of carbonyl (C=O) groups excluding carboxylic acids is 1. The molecule has 0 aliphatic carbocycles. The summed E-state index contributed by atoms with van der Waals surface area (Å²) in [5.74, 6) is 0.166. The van der Waals surface area contributed by atoms with Gasteiger partial charge in [-0.3, -0.25) is 9.69 Å². The third-order valence-corrected chi connectivity index (χ3v) is 3.92. The first-order valence-corrected chi connectivity index (χ1v) is 7.37. The Morgan fingerprint density at radius 3 is 2.89 bits per heavy atom. The van der Waals surface area contributed by atoms with Crippen molar-refractivity contribution in [3.05, 3.63) is 0 Å².